The van der Waals surface area contributed by atoms with Gasteiger partial charge in [0.05, 0.1) is 6.26 Å². The van der Waals surface area contributed by atoms with Crippen LogP contribution < -0.4 is 5.73 Å². The lowest BCUT2D eigenvalue weighted by atomic mass is 10.1. The fourth-order valence-electron chi connectivity index (χ4n) is 0.759. The largest absolute Gasteiger partial charge is 0.515 e. The molecule has 16 heavy (non-hydrogen) atoms. The summed E-state index contributed by atoms with van der Waals surface area (Å²) in [6, 6.07) is -1.23. The third-order valence-electron chi connectivity index (χ3n) is 1.60. The molecular weight excluding hydrogens is 218 g/mol. The molecule has 0 bridgehead atoms. The Balaban J connectivity index is 4.50. The monoisotopic (exact) mass is 229 g/mol. The average molecular weight is 229 g/mol. The number of aliphatic hydroxyl groups excluding tert-OH is 1. The lowest BCUT2D eigenvalue weighted by Gasteiger charge is -2.05. The molecule has 0 aromatic carbocycles. The van der Waals surface area contributed by atoms with Gasteiger partial charge in [0.25, 0.3) is 5.78 Å². The molecule has 7 heteroatoms. The van der Waals surface area contributed by atoms with Crippen molar-refractivity contribution in [1.82, 2.24) is 0 Å². The highest BCUT2D eigenvalue weighted by Crippen LogP contribution is 2.05. The first-order valence-electron chi connectivity index (χ1n) is 4.15. The van der Waals surface area contributed by atoms with Crippen molar-refractivity contribution in [1.29, 1.82) is 0 Å². The van der Waals surface area contributed by atoms with Gasteiger partial charge >= 0.3 is 11.9 Å². The van der Waals surface area contributed by atoms with Crippen molar-refractivity contribution >= 4 is 17.7 Å². The van der Waals surface area contributed by atoms with Crippen molar-refractivity contribution in [3.63, 3.8) is 0 Å². The van der Waals surface area contributed by atoms with E-state index in [9.17, 15) is 14.4 Å². The summed E-state index contributed by atoms with van der Waals surface area (Å²) < 4.78 is 0. The fourth-order valence-corrected chi connectivity index (χ4v) is 0.759. The number of carboxylic acid groups (broad SMARTS) is 2. The van der Waals surface area contributed by atoms with Gasteiger partial charge in [-0.05, 0) is 11.6 Å². The molecule has 0 rings (SSSR count). The Bertz CT molecular complexity index is 357. The predicted molar refractivity (Wildman–Crippen MR) is 52.7 cm³/mol. The molecule has 0 aromatic rings. The molecule has 88 valence electrons. The summed E-state index contributed by atoms with van der Waals surface area (Å²) in [4.78, 5) is 31.1. The van der Waals surface area contributed by atoms with Crippen molar-refractivity contribution in [3.05, 3.63) is 24.0 Å². The molecule has 0 radical (unpaired) electrons. The standard InChI is InChI=1S/C9H11NO6/c10-6(8(13)14)3-5(4-11)1-2-7(12)9(15)16/h1-2,4,6,11H,3,10H2,(H,13,14)(H,15,16)/b2-1-,5-4+/t6-/m0/s1. The van der Waals surface area contributed by atoms with Crippen LogP contribution >= 0.6 is 0 Å². The number of carbonyl (C=O) groups excluding carboxylic acids is 1. The Labute approximate surface area is 90.5 Å². The van der Waals surface area contributed by atoms with Gasteiger partial charge in [0, 0.05) is 6.42 Å². The molecule has 0 heterocycles. The van der Waals surface area contributed by atoms with Crippen LogP contribution in [0.3, 0.4) is 0 Å². The molecule has 0 unspecified atom stereocenters. The summed E-state index contributed by atoms with van der Waals surface area (Å²) in [6.45, 7) is 0. The normalized spacial score (nSPS) is 13.7. The van der Waals surface area contributed by atoms with Crippen LogP contribution in [0.4, 0.5) is 0 Å². The van der Waals surface area contributed by atoms with Gasteiger partial charge in [0.15, 0.2) is 0 Å². The van der Waals surface area contributed by atoms with E-state index in [1.54, 1.807) is 0 Å². The van der Waals surface area contributed by atoms with Crippen LogP contribution in [0, 0.1) is 0 Å². The average Bonchev–Trinajstić information content (AvgIpc) is 2.22. The van der Waals surface area contributed by atoms with Crippen molar-refractivity contribution in [2.24, 2.45) is 5.73 Å². The van der Waals surface area contributed by atoms with Gasteiger partial charge in [0.1, 0.15) is 6.04 Å². The number of hydrogen-bond donors (Lipinski definition) is 4. The number of carboxylic acids is 2. The van der Waals surface area contributed by atoms with E-state index in [-0.39, 0.29) is 12.0 Å². The maximum absolute atomic E-state index is 10.6. The van der Waals surface area contributed by atoms with E-state index in [0.717, 1.165) is 6.08 Å². The Morgan fingerprint density at radius 3 is 2.12 bits per heavy atom. The second-order valence-corrected chi connectivity index (χ2v) is 2.86. The second kappa shape index (κ2) is 6.36. The van der Waals surface area contributed by atoms with Crippen LogP contribution in [0.15, 0.2) is 24.0 Å². The van der Waals surface area contributed by atoms with Crippen LogP contribution in [0.5, 0.6) is 0 Å². The van der Waals surface area contributed by atoms with E-state index in [4.69, 9.17) is 21.1 Å². The van der Waals surface area contributed by atoms with Gasteiger partial charge < -0.3 is 21.1 Å². The molecule has 5 N–H and O–H groups in total. The molecule has 0 aliphatic carbocycles. The summed E-state index contributed by atoms with van der Waals surface area (Å²) >= 11 is 0. The van der Waals surface area contributed by atoms with Crippen molar-refractivity contribution in [2.45, 2.75) is 12.5 Å². The van der Waals surface area contributed by atoms with Gasteiger partial charge in [-0.25, -0.2) is 4.79 Å². The summed E-state index contributed by atoms with van der Waals surface area (Å²) in [6.07, 6.45) is 2.06. The highest BCUT2D eigenvalue weighted by molar-refractivity contribution is 6.37. The number of aliphatic carboxylic acids is 2. The lowest BCUT2D eigenvalue weighted by molar-refractivity contribution is -0.146. The quantitative estimate of drug-likeness (QED) is 0.207. The SMILES string of the molecule is N[C@@H](CC(/C=C\C(=O)C(=O)O)=C/O)C(=O)O. The maximum Gasteiger partial charge on any atom is 0.376 e. The van der Waals surface area contributed by atoms with Crippen molar-refractivity contribution < 1.29 is 29.7 Å². The van der Waals surface area contributed by atoms with Gasteiger partial charge in [0.2, 0.25) is 0 Å². The summed E-state index contributed by atoms with van der Waals surface area (Å²) in [5.41, 5.74) is 5.22. The predicted octanol–water partition coefficient (Wildman–Crippen LogP) is -0.560. The maximum atomic E-state index is 10.6. The minimum Gasteiger partial charge on any atom is -0.515 e. The first-order valence-corrected chi connectivity index (χ1v) is 4.15. The molecule has 0 fully saturated rings. The summed E-state index contributed by atoms with van der Waals surface area (Å²) in [7, 11) is 0. The molecule has 0 saturated carbocycles. The lowest BCUT2D eigenvalue weighted by Crippen LogP contribution is -2.30. The number of allylic oxidation sites excluding steroid dienone is 1. The molecule has 0 amide bonds. The molecule has 1 atom stereocenters. The molecule has 0 spiro atoms. The van der Waals surface area contributed by atoms with E-state index >= 15 is 0 Å². The first-order chi connectivity index (χ1) is 7.38. The van der Waals surface area contributed by atoms with E-state index in [2.05, 4.69) is 0 Å². The molecule has 7 nitrogen and oxygen atoms in total. The summed E-state index contributed by atoms with van der Waals surface area (Å²) in [5.74, 6) is -4.09. The van der Waals surface area contributed by atoms with Crippen LogP contribution in [-0.2, 0) is 14.4 Å². The topological polar surface area (TPSA) is 138 Å². The molecular formula is C9H11NO6. The molecule has 0 saturated heterocycles. The van der Waals surface area contributed by atoms with E-state index < -0.39 is 23.8 Å². The zero-order valence-electron chi connectivity index (χ0n) is 8.16. The van der Waals surface area contributed by atoms with Gasteiger partial charge in [-0.3, -0.25) is 9.59 Å². The smallest absolute Gasteiger partial charge is 0.376 e. The van der Waals surface area contributed by atoms with Crippen LogP contribution in [0.25, 0.3) is 0 Å². The highest BCUT2D eigenvalue weighted by Gasteiger charge is 2.13. The first kappa shape index (κ1) is 13.8. The number of rotatable bonds is 6. The Kier molecular flexibility index (Phi) is 5.50. The Morgan fingerprint density at radius 2 is 1.75 bits per heavy atom. The number of carbonyl (C=O) groups is 3. The number of nitrogens with two attached hydrogens (primary N) is 1. The second-order valence-electron chi connectivity index (χ2n) is 2.86. The van der Waals surface area contributed by atoms with Crippen molar-refractivity contribution in [3.8, 4) is 0 Å². The van der Waals surface area contributed by atoms with Crippen LogP contribution in [0.2, 0.25) is 0 Å². The minimum absolute atomic E-state index is 0.0458. The van der Waals surface area contributed by atoms with Crippen LogP contribution in [-0.4, -0.2) is 39.1 Å². The fraction of sp³-hybridized carbons (Fsp3) is 0.222. The van der Waals surface area contributed by atoms with Gasteiger partial charge in [-0.2, -0.15) is 0 Å². The van der Waals surface area contributed by atoms with Gasteiger partial charge in [-0.1, -0.05) is 6.08 Å². The van der Waals surface area contributed by atoms with E-state index in [1.807, 2.05) is 0 Å². The minimum atomic E-state index is -1.64. The molecule has 0 aliphatic rings. The molecule has 0 aliphatic heterocycles. The highest BCUT2D eigenvalue weighted by atomic mass is 16.4. The zero-order valence-corrected chi connectivity index (χ0v) is 8.16. The summed E-state index contributed by atoms with van der Waals surface area (Å²) in [5, 5.41) is 25.4. The Morgan fingerprint density at radius 1 is 1.19 bits per heavy atom. The number of ketones is 1. The third kappa shape index (κ3) is 4.91. The van der Waals surface area contributed by atoms with Gasteiger partial charge in [-0.15, -0.1) is 0 Å². The number of aliphatic hydroxyl groups is 1. The van der Waals surface area contributed by atoms with Crippen molar-refractivity contribution in [2.75, 3.05) is 0 Å². The molecule has 0 aromatic heterocycles. The van der Waals surface area contributed by atoms with E-state index in [1.165, 1.54) is 0 Å². The van der Waals surface area contributed by atoms with E-state index in [0.29, 0.717) is 12.3 Å². The Hall–Kier alpha value is -2.15. The number of hydrogen-bond acceptors (Lipinski definition) is 5. The van der Waals surface area contributed by atoms with Crippen LogP contribution in [0.1, 0.15) is 6.42 Å². The third-order valence-corrected chi connectivity index (χ3v) is 1.60. The zero-order chi connectivity index (χ0) is 12.7.